The molecule has 4 aromatic rings. The Morgan fingerprint density at radius 3 is 2.87 bits per heavy atom. The molecule has 0 aliphatic carbocycles. The zero-order valence-electron chi connectivity index (χ0n) is 16.2. The summed E-state index contributed by atoms with van der Waals surface area (Å²) in [6, 6.07) is 12.3. The molecule has 0 spiro atoms. The molecular weight excluding hydrogens is 385 g/mol. The van der Waals surface area contributed by atoms with Crippen LogP contribution in [-0.2, 0) is 6.61 Å². The predicted octanol–water partition coefficient (Wildman–Crippen LogP) is 4.24. The number of nitrogens with one attached hydrogen (secondary N) is 2. The molecule has 152 valence electrons. The third-order valence-electron chi connectivity index (χ3n) is 4.88. The van der Waals surface area contributed by atoms with E-state index in [1.807, 2.05) is 0 Å². The van der Waals surface area contributed by atoms with E-state index in [0.29, 0.717) is 39.0 Å². The molecule has 0 saturated carbocycles. The summed E-state index contributed by atoms with van der Waals surface area (Å²) in [4.78, 5) is 20.7. The molecule has 0 fully saturated rings. The number of methoxy groups -OCH3 is 1. The summed E-state index contributed by atoms with van der Waals surface area (Å²) in [6.45, 7) is -0.168. The number of nitrogens with zero attached hydrogens (tertiary/aromatic N) is 1. The van der Waals surface area contributed by atoms with Gasteiger partial charge in [-0.25, -0.2) is 4.39 Å². The summed E-state index contributed by atoms with van der Waals surface area (Å²) in [5, 5.41) is 13.3. The van der Waals surface area contributed by atoms with Gasteiger partial charge in [-0.3, -0.25) is 9.78 Å². The number of hydrogen-bond acceptors (Lipinski definition) is 5. The van der Waals surface area contributed by atoms with Crippen molar-refractivity contribution in [1.82, 2.24) is 9.97 Å². The Morgan fingerprint density at radius 2 is 2.13 bits per heavy atom. The fourth-order valence-electron chi connectivity index (χ4n) is 3.42. The third kappa shape index (κ3) is 3.88. The number of pyridine rings is 1. The van der Waals surface area contributed by atoms with Crippen LogP contribution in [0.4, 0.5) is 10.1 Å². The van der Waals surface area contributed by atoms with Crippen LogP contribution in [0.1, 0.15) is 27.5 Å². The summed E-state index contributed by atoms with van der Waals surface area (Å²) in [7, 11) is 1.53. The summed E-state index contributed by atoms with van der Waals surface area (Å²) in [6.07, 6.45) is 4.82. The Balaban J connectivity index is 1.77. The lowest BCUT2D eigenvalue weighted by Crippen LogP contribution is -2.21. The van der Waals surface area contributed by atoms with Gasteiger partial charge in [0.25, 0.3) is 0 Å². The first-order valence-electron chi connectivity index (χ1n) is 9.35. The molecule has 0 aliphatic rings. The highest BCUT2D eigenvalue weighted by Crippen LogP contribution is 2.30. The smallest absolute Gasteiger partial charge is 0.191 e. The normalized spacial score (nSPS) is 12.0. The number of halogens is 1. The molecule has 0 radical (unpaired) electrons. The first-order valence-corrected chi connectivity index (χ1v) is 9.35. The highest BCUT2D eigenvalue weighted by Gasteiger charge is 2.25. The Labute approximate surface area is 172 Å². The van der Waals surface area contributed by atoms with E-state index in [-0.39, 0.29) is 12.4 Å². The second-order valence-electron chi connectivity index (χ2n) is 6.85. The van der Waals surface area contributed by atoms with E-state index in [2.05, 4.69) is 15.3 Å². The minimum Gasteiger partial charge on any atom is -0.497 e. The fraction of sp³-hybridized carbons (Fsp3) is 0.130. The second kappa shape index (κ2) is 8.34. The van der Waals surface area contributed by atoms with E-state index in [0.717, 1.165) is 0 Å². The maximum Gasteiger partial charge on any atom is 0.191 e. The molecule has 30 heavy (non-hydrogen) atoms. The molecule has 1 atom stereocenters. The minimum atomic E-state index is -0.778. The molecule has 0 aliphatic heterocycles. The van der Waals surface area contributed by atoms with Crippen LogP contribution in [0, 0.1) is 5.82 Å². The molecular formula is C23H20FN3O3. The van der Waals surface area contributed by atoms with Gasteiger partial charge in [-0.2, -0.15) is 0 Å². The van der Waals surface area contributed by atoms with Gasteiger partial charge in [-0.15, -0.1) is 0 Å². The predicted molar refractivity (Wildman–Crippen MR) is 112 cm³/mol. The molecule has 6 nitrogen and oxygen atoms in total. The average molecular weight is 405 g/mol. The highest BCUT2D eigenvalue weighted by atomic mass is 19.1. The number of ether oxygens (including phenoxy) is 1. The highest BCUT2D eigenvalue weighted by molar-refractivity contribution is 6.11. The number of fused-ring (bicyclic) bond motifs is 1. The lowest BCUT2D eigenvalue weighted by Gasteiger charge is -2.20. The number of carbonyl (C=O) groups is 1. The van der Waals surface area contributed by atoms with Crippen LogP contribution in [-0.4, -0.2) is 28.0 Å². The number of carbonyl (C=O) groups excluding carboxylic acids is 1. The Hall–Kier alpha value is -3.71. The average Bonchev–Trinajstić information content (AvgIpc) is 3.20. The van der Waals surface area contributed by atoms with Crippen LogP contribution in [0.25, 0.3) is 10.9 Å². The largest absolute Gasteiger partial charge is 0.497 e. The number of rotatable bonds is 7. The molecule has 2 aromatic carbocycles. The van der Waals surface area contributed by atoms with E-state index in [1.54, 1.807) is 55.0 Å². The Kier molecular flexibility index (Phi) is 5.45. The van der Waals surface area contributed by atoms with Crippen LogP contribution < -0.4 is 10.1 Å². The van der Waals surface area contributed by atoms with E-state index in [4.69, 9.17) is 4.74 Å². The molecule has 3 N–H and O–H groups in total. The lowest BCUT2D eigenvalue weighted by molar-refractivity contribution is 0.0971. The number of Topliss-reactive ketones (excluding diaryl/α,β-unsaturated/α-hetero) is 1. The number of H-pyrrole nitrogens is 1. The number of aromatic amines is 1. The van der Waals surface area contributed by atoms with Crippen LogP contribution >= 0.6 is 0 Å². The Morgan fingerprint density at radius 1 is 1.27 bits per heavy atom. The van der Waals surface area contributed by atoms with Crippen molar-refractivity contribution >= 4 is 22.4 Å². The van der Waals surface area contributed by atoms with Crippen molar-refractivity contribution < 1.29 is 19.0 Å². The van der Waals surface area contributed by atoms with Crippen molar-refractivity contribution in [2.45, 2.75) is 12.6 Å². The first-order chi connectivity index (χ1) is 14.6. The van der Waals surface area contributed by atoms with Gasteiger partial charge in [0, 0.05) is 52.4 Å². The van der Waals surface area contributed by atoms with Gasteiger partial charge in [-0.1, -0.05) is 6.07 Å². The number of aromatic nitrogens is 2. The Bertz CT molecular complexity index is 1170. The number of anilines is 1. The molecule has 4 rings (SSSR count). The van der Waals surface area contributed by atoms with Gasteiger partial charge >= 0.3 is 0 Å². The molecule has 0 amide bonds. The zero-order chi connectivity index (χ0) is 21.1. The number of ketones is 1. The topological polar surface area (TPSA) is 87.2 Å². The van der Waals surface area contributed by atoms with Gasteiger partial charge in [0.15, 0.2) is 5.78 Å². The molecule has 0 bridgehead atoms. The van der Waals surface area contributed by atoms with E-state index in [1.165, 1.54) is 19.2 Å². The summed E-state index contributed by atoms with van der Waals surface area (Å²) in [5.74, 6) is -0.105. The van der Waals surface area contributed by atoms with Crippen molar-refractivity contribution in [1.29, 1.82) is 0 Å². The maximum atomic E-state index is 13.8. The number of hydrogen-bond donors (Lipinski definition) is 3. The second-order valence-corrected chi connectivity index (χ2v) is 6.85. The molecule has 0 saturated heterocycles. The summed E-state index contributed by atoms with van der Waals surface area (Å²) in [5.41, 5.74) is 2.95. The van der Waals surface area contributed by atoms with E-state index >= 15 is 0 Å². The van der Waals surface area contributed by atoms with Crippen LogP contribution in [0.5, 0.6) is 5.75 Å². The van der Waals surface area contributed by atoms with Gasteiger partial charge < -0.3 is 20.1 Å². The van der Waals surface area contributed by atoms with Crippen molar-refractivity contribution in [3.8, 4) is 5.75 Å². The fourth-order valence-corrected chi connectivity index (χ4v) is 3.42. The number of aliphatic hydroxyl groups excluding tert-OH is 1. The van der Waals surface area contributed by atoms with Crippen LogP contribution in [0.2, 0.25) is 0 Å². The van der Waals surface area contributed by atoms with Gasteiger partial charge in [0.1, 0.15) is 17.6 Å². The first kappa shape index (κ1) is 19.6. The zero-order valence-corrected chi connectivity index (χ0v) is 16.2. The summed E-state index contributed by atoms with van der Waals surface area (Å²) >= 11 is 0. The monoisotopic (exact) mass is 405 g/mol. The number of aliphatic hydroxyl groups is 1. The van der Waals surface area contributed by atoms with Gasteiger partial charge in [0.2, 0.25) is 0 Å². The third-order valence-corrected chi connectivity index (χ3v) is 4.88. The van der Waals surface area contributed by atoms with Crippen molar-refractivity contribution in [3.63, 3.8) is 0 Å². The minimum absolute atomic E-state index is 0.168. The van der Waals surface area contributed by atoms with Crippen molar-refractivity contribution in [2.75, 3.05) is 12.4 Å². The van der Waals surface area contributed by atoms with E-state index < -0.39 is 11.9 Å². The van der Waals surface area contributed by atoms with Gasteiger partial charge in [0.05, 0.1) is 13.7 Å². The standard InChI is InChI=1S/C23H20FN3O3/c1-30-18-8-14(13-28)7-17(10-18)27-22(15-3-2-6-25-11-15)23(29)20-12-26-21-5-4-16(24)9-19(20)21/h2-12,22,26-28H,13H2,1H3. The molecule has 7 heteroatoms. The molecule has 2 aromatic heterocycles. The van der Waals surface area contributed by atoms with Gasteiger partial charge in [-0.05, 0) is 42.0 Å². The quantitative estimate of drug-likeness (QED) is 0.401. The molecule has 2 heterocycles. The van der Waals surface area contributed by atoms with Crippen LogP contribution in [0.3, 0.4) is 0 Å². The SMILES string of the molecule is COc1cc(CO)cc(NC(C(=O)c2c[nH]c3ccc(F)cc23)c2cccnc2)c1. The molecule has 1 unspecified atom stereocenters. The maximum absolute atomic E-state index is 13.8. The van der Waals surface area contributed by atoms with Crippen molar-refractivity contribution in [2.24, 2.45) is 0 Å². The van der Waals surface area contributed by atoms with E-state index in [9.17, 15) is 14.3 Å². The van der Waals surface area contributed by atoms with Crippen LogP contribution in [0.15, 0.2) is 67.1 Å². The van der Waals surface area contributed by atoms with Crippen molar-refractivity contribution in [3.05, 3.63) is 89.6 Å². The lowest BCUT2D eigenvalue weighted by atomic mass is 9.97. The summed E-state index contributed by atoms with van der Waals surface area (Å²) < 4.78 is 19.1. The number of benzene rings is 2.